The van der Waals surface area contributed by atoms with Gasteiger partial charge in [0.1, 0.15) is 18.5 Å². The minimum Gasteiger partial charge on any atom is -0.393 e. The first-order valence-electron chi connectivity index (χ1n) is 4.85. The average Bonchev–Trinajstić information content (AvgIpc) is 2.87. The van der Waals surface area contributed by atoms with Gasteiger partial charge in [0, 0.05) is 0 Å². The minimum atomic E-state index is -1.96. The number of nitrogens with two attached hydrogens (primary N) is 1. The largest absolute Gasteiger partial charge is 0.393 e. The number of rotatable bonds is 3. The molecule has 2 heterocycles. The van der Waals surface area contributed by atoms with Gasteiger partial charge in [-0.25, -0.2) is 9.67 Å². The molecule has 0 spiro atoms. The topological polar surface area (TPSA) is 144 Å². The van der Waals surface area contributed by atoms with E-state index in [1.54, 1.807) is 0 Å². The van der Waals surface area contributed by atoms with Gasteiger partial charge in [0.05, 0.1) is 13.2 Å². The molecule has 0 unspecified atom stereocenters. The number of ether oxygens (including phenoxy) is 1. The molecule has 1 aliphatic rings. The summed E-state index contributed by atoms with van der Waals surface area (Å²) in [6, 6.07) is 0. The van der Waals surface area contributed by atoms with E-state index in [0.29, 0.717) is 0 Å². The molecule has 9 nitrogen and oxygen atoms in total. The molecule has 0 saturated carbocycles. The highest BCUT2D eigenvalue weighted by Crippen LogP contribution is 2.30. The number of aliphatic hydroxyl groups is 3. The molecule has 1 aromatic rings. The van der Waals surface area contributed by atoms with Crippen molar-refractivity contribution < 1.29 is 24.9 Å². The lowest BCUT2D eigenvalue weighted by molar-refractivity contribution is -0.157. The third-order valence-corrected chi connectivity index (χ3v) is 2.66. The van der Waals surface area contributed by atoms with Crippen LogP contribution < -0.4 is 5.73 Å². The Morgan fingerprint density at radius 2 is 2.47 bits per heavy atom. The molecule has 1 saturated heterocycles. The van der Waals surface area contributed by atoms with Crippen molar-refractivity contribution in [1.29, 1.82) is 0 Å². The van der Waals surface area contributed by atoms with Crippen molar-refractivity contribution >= 4 is 5.91 Å². The van der Waals surface area contributed by atoms with E-state index in [1.807, 2.05) is 0 Å². The van der Waals surface area contributed by atoms with Crippen molar-refractivity contribution in [2.24, 2.45) is 5.73 Å². The summed E-state index contributed by atoms with van der Waals surface area (Å²) in [5.74, 6) is -1.16. The van der Waals surface area contributed by atoms with E-state index in [4.69, 9.17) is 15.6 Å². The Balaban J connectivity index is 2.38. The predicted molar refractivity (Wildman–Crippen MR) is 51.6 cm³/mol. The van der Waals surface area contributed by atoms with Crippen molar-refractivity contribution in [3.05, 3.63) is 12.2 Å². The lowest BCUT2D eigenvalue weighted by Gasteiger charge is -2.29. The van der Waals surface area contributed by atoms with E-state index >= 15 is 0 Å². The smallest absolute Gasteiger partial charge is 0.288 e. The Bertz CT molecular complexity index is 435. The molecule has 5 N–H and O–H groups in total. The van der Waals surface area contributed by atoms with Gasteiger partial charge < -0.3 is 25.8 Å². The van der Waals surface area contributed by atoms with E-state index in [1.165, 1.54) is 0 Å². The third-order valence-electron chi connectivity index (χ3n) is 2.66. The second-order valence-corrected chi connectivity index (χ2v) is 3.68. The van der Waals surface area contributed by atoms with Crippen molar-refractivity contribution in [1.82, 2.24) is 14.8 Å². The van der Waals surface area contributed by atoms with Crippen LogP contribution in [0, 0.1) is 0 Å². The van der Waals surface area contributed by atoms with Gasteiger partial charge in [-0.3, -0.25) is 4.79 Å². The summed E-state index contributed by atoms with van der Waals surface area (Å²) >= 11 is 0. The van der Waals surface area contributed by atoms with Gasteiger partial charge in [0.25, 0.3) is 5.91 Å². The first kappa shape index (κ1) is 11.9. The molecule has 0 radical (unpaired) electrons. The standard InChI is InChI=1S/C8H12N4O5/c9-6(15)7-10-3-12(11-7)8(16)4(14)2-17-5(8)1-13/h3-5,13-14,16H,1-2H2,(H2,9,15)/t4-,5+,8+/m0/s1. The van der Waals surface area contributed by atoms with Gasteiger partial charge in [0.2, 0.25) is 11.5 Å². The van der Waals surface area contributed by atoms with Gasteiger partial charge in [0.15, 0.2) is 0 Å². The fourth-order valence-corrected chi connectivity index (χ4v) is 1.70. The maximum Gasteiger partial charge on any atom is 0.288 e. The van der Waals surface area contributed by atoms with E-state index in [2.05, 4.69) is 10.1 Å². The zero-order valence-electron chi connectivity index (χ0n) is 8.72. The quantitative estimate of drug-likeness (QED) is 0.437. The van der Waals surface area contributed by atoms with Crippen molar-refractivity contribution in [3.63, 3.8) is 0 Å². The maximum absolute atomic E-state index is 10.8. The molecule has 1 aromatic heterocycles. The summed E-state index contributed by atoms with van der Waals surface area (Å²) in [6.07, 6.45) is -1.30. The Hall–Kier alpha value is -1.55. The lowest BCUT2D eigenvalue weighted by atomic mass is 10.0. The van der Waals surface area contributed by atoms with Crippen LogP contribution in [-0.4, -0.2) is 61.4 Å². The predicted octanol–water partition coefficient (Wildman–Crippen LogP) is -3.23. The average molecular weight is 244 g/mol. The van der Waals surface area contributed by atoms with Crippen LogP contribution >= 0.6 is 0 Å². The SMILES string of the molecule is NC(=O)c1ncn([C@@]2(O)[C@@H](O)CO[C@@H]2CO)n1. The second kappa shape index (κ2) is 4.04. The molecule has 17 heavy (non-hydrogen) atoms. The highest BCUT2D eigenvalue weighted by molar-refractivity contribution is 5.88. The second-order valence-electron chi connectivity index (χ2n) is 3.68. The van der Waals surface area contributed by atoms with Crippen LogP contribution in [0.1, 0.15) is 10.6 Å². The number of aliphatic hydroxyl groups excluding tert-OH is 2. The van der Waals surface area contributed by atoms with Crippen LogP contribution in [0.4, 0.5) is 0 Å². The number of aromatic nitrogens is 3. The van der Waals surface area contributed by atoms with Gasteiger partial charge >= 0.3 is 0 Å². The highest BCUT2D eigenvalue weighted by Gasteiger charge is 2.52. The lowest BCUT2D eigenvalue weighted by Crippen LogP contribution is -2.51. The fourth-order valence-electron chi connectivity index (χ4n) is 1.70. The van der Waals surface area contributed by atoms with Gasteiger partial charge in [-0.2, -0.15) is 0 Å². The summed E-state index contributed by atoms with van der Waals surface area (Å²) in [5.41, 5.74) is 3.01. The molecule has 2 rings (SSSR count). The Morgan fingerprint density at radius 1 is 1.76 bits per heavy atom. The van der Waals surface area contributed by atoms with Crippen molar-refractivity contribution in [3.8, 4) is 0 Å². The van der Waals surface area contributed by atoms with Crippen LogP contribution in [0.5, 0.6) is 0 Å². The van der Waals surface area contributed by atoms with E-state index in [0.717, 1.165) is 11.0 Å². The van der Waals surface area contributed by atoms with Crippen LogP contribution in [0.3, 0.4) is 0 Å². The molecule has 1 aliphatic heterocycles. The van der Waals surface area contributed by atoms with Crippen LogP contribution in [0.25, 0.3) is 0 Å². The fraction of sp³-hybridized carbons (Fsp3) is 0.625. The van der Waals surface area contributed by atoms with Crippen molar-refractivity contribution in [2.75, 3.05) is 13.2 Å². The Labute approximate surface area is 95.4 Å². The molecule has 94 valence electrons. The number of amides is 1. The number of carbonyl (C=O) groups excluding carboxylic acids is 1. The molecule has 0 bridgehead atoms. The summed E-state index contributed by atoms with van der Waals surface area (Å²) < 4.78 is 5.87. The van der Waals surface area contributed by atoms with E-state index in [9.17, 15) is 15.0 Å². The summed E-state index contributed by atoms with van der Waals surface area (Å²) in [7, 11) is 0. The van der Waals surface area contributed by atoms with E-state index in [-0.39, 0.29) is 12.4 Å². The molecule has 1 amide bonds. The zero-order chi connectivity index (χ0) is 12.6. The molecule has 0 aliphatic carbocycles. The molecule has 1 fully saturated rings. The van der Waals surface area contributed by atoms with Crippen molar-refractivity contribution in [2.45, 2.75) is 17.9 Å². The molecule has 3 atom stereocenters. The van der Waals surface area contributed by atoms with Gasteiger partial charge in [-0.15, -0.1) is 5.10 Å². The van der Waals surface area contributed by atoms with Gasteiger partial charge in [-0.1, -0.05) is 0 Å². The number of primary amides is 1. The third kappa shape index (κ3) is 1.69. The Kier molecular flexibility index (Phi) is 2.83. The maximum atomic E-state index is 10.8. The van der Waals surface area contributed by atoms with Crippen LogP contribution in [0.2, 0.25) is 0 Å². The molecular formula is C8H12N4O5. The molecule has 0 aromatic carbocycles. The minimum absolute atomic E-state index is 0.159. The number of nitrogens with zero attached hydrogens (tertiary/aromatic N) is 3. The van der Waals surface area contributed by atoms with Crippen LogP contribution in [0.15, 0.2) is 6.33 Å². The number of hydrogen-bond donors (Lipinski definition) is 4. The zero-order valence-corrected chi connectivity index (χ0v) is 8.72. The molecular weight excluding hydrogens is 232 g/mol. The van der Waals surface area contributed by atoms with E-state index < -0.39 is 30.4 Å². The normalized spacial score (nSPS) is 32.9. The first-order chi connectivity index (χ1) is 8.00. The van der Waals surface area contributed by atoms with Crippen LogP contribution in [-0.2, 0) is 10.5 Å². The number of carbonyl (C=O) groups is 1. The molecule has 9 heteroatoms. The Morgan fingerprint density at radius 3 is 3.00 bits per heavy atom. The highest BCUT2D eigenvalue weighted by atomic mass is 16.6. The van der Waals surface area contributed by atoms with Gasteiger partial charge in [-0.05, 0) is 0 Å². The summed E-state index contributed by atoms with van der Waals surface area (Å²) in [5, 5.41) is 32.6. The monoisotopic (exact) mass is 244 g/mol. The number of hydrogen-bond acceptors (Lipinski definition) is 7. The summed E-state index contributed by atoms with van der Waals surface area (Å²) in [6.45, 7) is -0.674. The summed E-state index contributed by atoms with van der Waals surface area (Å²) in [4.78, 5) is 14.4. The first-order valence-corrected chi connectivity index (χ1v) is 4.85.